The van der Waals surface area contributed by atoms with E-state index in [4.69, 9.17) is 4.74 Å². The molecule has 0 radical (unpaired) electrons. The summed E-state index contributed by atoms with van der Waals surface area (Å²) in [7, 11) is 0. The van der Waals surface area contributed by atoms with Gasteiger partial charge in [-0.1, -0.05) is 56.1 Å². The van der Waals surface area contributed by atoms with Gasteiger partial charge in [0.1, 0.15) is 5.00 Å². The third-order valence-electron chi connectivity index (χ3n) is 7.56. The van der Waals surface area contributed by atoms with Gasteiger partial charge in [0, 0.05) is 4.88 Å². The quantitative estimate of drug-likeness (QED) is 0.336. The molecule has 0 fully saturated rings. The molecule has 1 aromatic rings. The molecule has 3 rings (SSSR count). The first-order valence-electron chi connectivity index (χ1n) is 13.3. The average molecular weight is 504 g/mol. The number of hydrogen-bond donors (Lipinski definition) is 2. The van der Waals surface area contributed by atoms with E-state index in [0.29, 0.717) is 23.4 Å². The van der Waals surface area contributed by atoms with Crippen molar-refractivity contribution >= 4 is 34.2 Å². The second-order valence-electron chi connectivity index (χ2n) is 10.1. The van der Waals surface area contributed by atoms with E-state index in [1.807, 2.05) is 13.8 Å². The molecule has 2 atom stereocenters. The smallest absolute Gasteiger partial charge is 0.341 e. The maximum absolute atomic E-state index is 13.4. The van der Waals surface area contributed by atoms with E-state index in [2.05, 4.69) is 5.32 Å². The summed E-state index contributed by atoms with van der Waals surface area (Å²) in [6.45, 7) is 5.96. The van der Waals surface area contributed by atoms with Crippen LogP contribution in [0, 0.1) is 11.8 Å². The Morgan fingerprint density at radius 2 is 1.43 bits per heavy atom. The molecule has 0 aromatic carbocycles. The van der Waals surface area contributed by atoms with Crippen molar-refractivity contribution in [3.63, 3.8) is 0 Å². The number of ether oxygens (including phenoxy) is 1. The van der Waals surface area contributed by atoms with Gasteiger partial charge in [-0.2, -0.15) is 0 Å². The minimum absolute atomic E-state index is 0.268. The number of esters is 1. The van der Waals surface area contributed by atoms with Crippen LogP contribution in [0.4, 0.5) is 5.00 Å². The van der Waals surface area contributed by atoms with Gasteiger partial charge in [0.05, 0.1) is 24.0 Å². The molecule has 7 heteroatoms. The number of carbonyl (C=O) groups is 3. The minimum atomic E-state index is -0.948. The van der Waals surface area contributed by atoms with Gasteiger partial charge in [0.2, 0.25) is 5.91 Å². The minimum Gasteiger partial charge on any atom is -0.481 e. The third-order valence-corrected chi connectivity index (χ3v) is 8.77. The van der Waals surface area contributed by atoms with Gasteiger partial charge < -0.3 is 15.2 Å². The zero-order chi connectivity index (χ0) is 25.4. The first-order valence-corrected chi connectivity index (χ1v) is 14.2. The Balaban J connectivity index is 1.92. The summed E-state index contributed by atoms with van der Waals surface area (Å²) < 4.78 is 5.42. The van der Waals surface area contributed by atoms with E-state index in [0.717, 1.165) is 53.7 Å². The van der Waals surface area contributed by atoms with Gasteiger partial charge in [0.25, 0.3) is 0 Å². The maximum atomic E-state index is 13.4. The summed E-state index contributed by atoms with van der Waals surface area (Å²) >= 11 is 1.48. The van der Waals surface area contributed by atoms with Crippen molar-refractivity contribution in [3.05, 3.63) is 27.2 Å². The number of fused-ring (bicyclic) bond motifs is 1. The van der Waals surface area contributed by atoms with Crippen molar-refractivity contribution in [1.29, 1.82) is 0 Å². The van der Waals surface area contributed by atoms with E-state index in [1.54, 1.807) is 6.92 Å². The Kier molecular flexibility index (Phi) is 10.4. The molecule has 0 bridgehead atoms. The van der Waals surface area contributed by atoms with E-state index in [1.165, 1.54) is 49.9 Å². The SMILES string of the molecule is CCOC(=O)c1c(NC(=O)C2CC(C)=C(C)CC2C(=O)O)sc2c1CCCCCCCCCCC2. The third kappa shape index (κ3) is 7.18. The summed E-state index contributed by atoms with van der Waals surface area (Å²) in [5.74, 6) is -3.07. The zero-order valence-electron chi connectivity index (χ0n) is 21.5. The Morgan fingerprint density at radius 1 is 0.886 bits per heavy atom. The number of amides is 1. The normalized spacial score (nSPS) is 22.3. The number of rotatable bonds is 5. The van der Waals surface area contributed by atoms with Crippen molar-refractivity contribution in [2.75, 3.05) is 11.9 Å². The summed E-state index contributed by atoms with van der Waals surface area (Å²) in [6.07, 6.45) is 13.2. The fourth-order valence-corrected chi connectivity index (χ4v) is 6.62. The highest BCUT2D eigenvalue weighted by Gasteiger charge is 2.38. The topological polar surface area (TPSA) is 92.7 Å². The van der Waals surface area contributed by atoms with Gasteiger partial charge in [-0.25, -0.2) is 4.79 Å². The van der Waals surface area contributed by atoms with Crippen molar-refractivity contribution in [3.8, 4) is 0 Å². The van der Waals surface area contributed by atoms with Crippen LogP contribution < -0.4 is 5.32 Å². The number of anilines is 1. The molecular weight excluding hydrogens is 462 g/mol. The number of hydrogen-bond acceptors (Lipinski definition) is 5. The first kappa shape index (κ1) is 27.4. The predicted octanol–water partition coefficient (Wildman–Crippen LogP) is 6.92. The highest BCUT2D eigenvalue weighted by Crippen LogP contribution is 2.39. The number of aryl methyl sites for hydroxylation is 1. The van der Waals surface area contributed by atoms with Crippen LogP contribution in [0.1, 0.15) is 112 Å². The molecule has 2 unspecified atom stereocenters. The molecule has 6 nitrogen and oxygen atoms in total. The number of carboxylic acid groups (broad SMARTS) is 1. The van der Waals surface area contributed by atoms with Crippen molar-refractivity contribution in [1.82, 2.24) is 0 Å². The molecule has 1 heterocycles. The molecule has 35 heavy (non-hydrogen) atoms. The fraction of sp³-hybridized carbons (Fsp3) is 0.679. The average Bonchev–Trinajstić information content (AvgIpc) is 3.15. The van der Waals surface area contributed by atoms with Gasteiger partial charge >= 0.3 is 11.9 Å². The zero-order valence-corrected chi connectivity index (χ0v) is 22.4. The molecular formula is C28H41NO5S. The molecule has 0 aliphatic heterocycles. The lowest BCUT2D eigenvalue weighted by atomic mass is 9.76. The largest absolute Gasteiger partial charge is 0.481 e. The van der Waals surface area contributed by atoms with Crippen molar-refractivity contribution < 1.29 is 24.2 Å². The lowest BCUT2D eigenvalue weighted by Gasteiger charge is -2.29. The number of carboxylic acids is 1. The van der Waals surface area contributed by atoms with Gasteiger partial charge in [-0.05, 0) is 64.9 Å². The Hall–Kier alpha value is -2.15. The van der Waals surface area contributed by atoms with E-state index in [-0.39, 0.29) is 12.5 Å². The Bertz CT molecular complexity index is 947. The van der Waals surface area contributed by atoms with Gasteiger partial charge in [0.15, 0.2) is 0 Å². The second-order valence-corrected chi connectivity index (χ2v) is 11.2. The molecule has 1 amide bonds. The number of carbonyl (C=O) groups excluding carboxylic acids is 2. The van der Waals surface area contributed by atoms with Crippen LogP contribution in [-0.2, 0) is 27.2 Å². The van der Waals surface area contributed by atoms with E-state index < -0.39 is 23.8 Å². The summed E-state index contributed by atoms with van der Waals surface area (Å²) in [6, 6.07) is 0. The van der Waals surface area contributed by atoms with Crippen molar-refractivity contribution in [2.24, 2.45) is 11.8 Å². The van der Waals surface area contributed by atoms with Crippen molar-refractivity contribution in [2.45, 2.75) is 104 Å². The maximum Gasteiger partial charge on any atom is 0.341 e. The lowest BCUT2D eigenvalue weighted by molar-refractivity contribution is -0.146. The summed E-state index contributed by atoms with van der Waals surface area (Å²) in [5, 5.41) is 13.3. The molecule has 194 valence electrons. The highest BCUT2D eigenvalue weighted by atomic mass is 32.1. The Morgan fingerprint density at radius 3 is 2.00 bits per heavy atom. The molecule has 1 aromatic heterocycles. The van der Waals surface area contributed by atoms with Crippen LogP contribution in [0.2, 0.25) is 0 Å². The van der Waals surface area contributed by atoms with Crippen LogP contribution in [0.3, 0.4) is 0 Å². The number of thiophene rings is 1. The molecule has 2 aliphatic rings. The second kappa shape index (κ2) is 13.2. The molecule has 0 spiro atoms. The van der Waals surface area contributed by atoms with Crippen LogP contribution >= 0.6 is 11.3 Å². The fourth-order valence-electron chi connectivity index (χ4n) is 5.34. The Labute approximate surface area is 213 Å². The molecule has 2 aliphatic carbocycles. The summed E-state index contributed by atoms with van der Waals surface area (Å²) in [4.78, 5) is 39.6. The van der Waals surface area contributed by atoms with Crippen LogP contribution in [0.5, 0.6) is 0 Å². The standard InChI is InChI=1S/C28H41NO5S/c1-4-34-28(33)24-20-14-12-10-8-6-5-7-9-11-13-15-23(20)35-26(24)29-25(30)21-16-18(2)19(3)17-22(21)27(31)32/h21-22H,4-17H2,1-3H3,(H,29,30)(H,31,32). The van der Waals surface area contributed by atoms with E-state index in [9.17, 15) is 19.5 Å². The van der Waals surface area contributed by atoms with E-state index >= 15 is 0 Å². The molecule has 0 saturated carbocycles. The number of allylic oxidation sites excluding steroid dienone is 2. The predicted molar refractivity (Wildman–Crippen MR) is 140 cm³/mol. The van der Waals surface area contributed by atoms with Gasteiger partial charge in [-0.15, -0.1) is 11.3 Å². The monoisotopic (exact) mass is 503 g/mol. The van der Waals surface area contributed by atoms with Crippen LogP contribution in [0.15, 0.2) is 11.1 Å². The number of aliphatic carboxylic acids is 1. The first-order chi connectivity index (χ1) is 16.8. The van der Waals surface area contributed by atoms with Gasteiger partial charge in [-0.3, -0.25) is 9.59 Å². The lowest BCUT2D eigenvalue weighted by Crippen LogP contribution is -2.36. The molecule has 2 N–H and O–H groups in total. The van der Waals surface area contributed by atoms with Crippen LogP contribution in [0.25, 0.3) is 0 Å². The van der Waals surface area contributed by atoms with Crippen LogP contribution in [-0.4, -0.2) is 29.6 Å². The molecule has 0 saturated heterocycles. The number of nitrogens with one attached hydrogen (secondary N) is 1. The summed E-state index contributed by atoms with van der Waals surface area (Å²) in [5.41, 5.74) is 3.62. The highest BCUT2D eigenvalue weighted by molar-refractivity contribution is 7.17.